The normalized spacial score (nSPS) is 18.5. The highest BCUT2D eigenvalue weighted by molar-refractivity contribution is 9.10. The minimum absolute atomic E-state index is 0.207. The molecule has 2 N–H and O–H groups in total. The van der Waals surface area contributed by atoms with Crippen molar-refractivity contribution < 1.29 is 31.8 Å². The van der Waals surface area contributed by atoms with Gasteiger partial charge in [0.25, 0.3) is 5.92 Å². The van der Waals surface area contributed by atoms with E-state index >= 15 is 0 Å². The molecule has 136 valence electrons. The molecule has 1 fully saturated rings. The van der Waals surface area contributed by atoms with Crippen molar-refractivity contribution in [2.75, 3.05) is 32.8 Å². The average Bonchev–Trinajstić information content (AvgIpc) is 2.50. The zero-order valence-electron chi connectivity index (χ0n) is 12.4. The molecule has 24 heavy (non-hydrogen) atoms. The van der Waals surface area contributed by atoms with Crippen molar-refractivity contribution in [3.05, 3.63) is 28.2 Å². The van der Waals surface area contributed by atoms with Gasteiger partial charge in [-0.05, 0) is 18.2 Å². The Balaban J connectivity index is 2.50. The van der Waals surface area contributed by atoms with Crippen molar-refractivity contribution in [2.24, 2.45) is 0 Å². The van der Waals surface area contributed by atoms with Gasteiger partial charge < -0.3 is 15.2 Å². The van der Waals surface area contributed by atoms with Crippen LogP contribution in [0.1, 0.15) is 11.6 Å². The van der Waals surface area contributed by atoms with Gasteiger partial charge >= 0.3 is 6.36 Å². The summed E-state index contributed by atoms with van der Waals surface area (Å²) in [7, 11) is 0. The van der Waals surface area contributed by atoms with Crippen LogP contribution in [0.25, 0.3) is 0 Å². The van der Waals surface area contributed by atoms with Gasteiger partial charge in [0, 0.05) is 36.2 Å². The van der Waals surface area contributed by atoms with Crippen molar-refractivity contribution in [2.45, 2.75) is 18.3 Å². The Hall–Kier alpha value is -0.970. The van der Waals surface area contributed by atoms with Crippen LogP contribution in [0.3, 0.4) is 0 Å². The van der Waals surface area contributed by atoms with Crippen LogP contribution in [-0.2, 0) is 0 Å². The van der Waals surface area contributed by atoms with Gasteiger partial charge in [0.15, 0.2) is 0 Å². The van der Waals surface area contributed by atoms with Crippen LogP contribution in [0.15, 0.2) is 22.7 Å². The molecule has 0 aliphatic carbocycles. The van der Waals surface area contributed by atoms with Gasteiger partial charge in [-0.2, -0.15) is 0 Å². The summed E-state index contributed by atoms with van der Waals surface area (Å²) in [5.74, 6) is -4.34. The van der Waals surface area contributed by atoms with E-state index in [0.717, 1.165) is 12.1 Å². The third kappa shape index (κ3) is 4.78. The average molecular weight is 419 g/mol. The van der Waals surface area contributed by atoms with Crippen LogP contribution in [0.5, 0.6) is 5.75 Å². The van der Waals surface area contributed by atoms with Gasteiger partial charge in [-0.1, -0.05) is 15.9 Å². The number of aliphatic hydroxyl groups is 1. The van der Waals surface area contributed by atoms with E-state index in [1.165, 1.54) is 11.0 Å². The number of hydrogen-bond donors (Lipinski definition) is 2. The maximum Gasteiger partial charge on any atom is 0.573 e. The van der Waals surface area contributed by atoms with Gasteiger partial charge in [-0.25, -0.2) is 8.78 Å². The molecular weight excluding hydrogens is 403 g/mol. The second-order valence-electron chi connectivity index (χ2n) is 5.34. The zero-order valence-corrected chi connectivity index (χ0v) is 14.0. The molecule has 1 aliphatic rings. The number of nitrogens with zero attached hydrogens (tertiary/aromatic N) is 1. The molecule has 1 aromatic rings. The molecule has 1 aromatic carbocycles. The molecule has 10 heteroatoms. The first kappa shape index (κ1) is 19.4. The standard InChI is InChI=1S/C14H16BrF5N2O2/c15-9-1-2-11(24-14(18,19)20)10(7-9)12(13(16,17)8-23)22-5-3-21-4-6-22/h1-2,7,12,21,23H,3-6,8H2/t12-/m0/s1. The largest absolute Gasteiger partial charge is 0.573 e. The summed E-state index contributed by atoms with van der Waals surface area (Å²) < 4.78 is 70.8. The number of rotatable bonds is 5. The van der Waals surface area contributed by atoms with E-state index in [1.54, 1.807) is 0 Å². The molecule has 0 bridgehead atoms. The van der Waals surface area contributed by atoms with Gasteiger partial charge in [0.1, 0.15) is 18.4 Å². The number of aliphatic hydroxyl groups excluding tert-OH is 1. The molecule has 1 aliphatic heterocycles. The number of hydrogen-bond acceptors (Lipinski definition) is 4. The number of alkyl halides is 5. The predicted molar refractivity (Wildman–Crippen MR) is 80.0 cm³/mol. The Kier molecular flexibility index (Phi) is 6.05. The Morgan fingerprint density at radius 3 is 2.38 bits per heavy atom. The van der Waals surface area contributed by atoms with E-state index in [-0.39, 0.29) is 18.7 Å². The molecule has 1 heterocycles. The number of ether oxygens (including phenoxy) is 1. The fraction of sp³-hybridized carbons (Fsp3) is 0.571. The van der Waals surface area contributed by atoms with Gasteiger partial charge in [0.2, 0.25) is 0 Å². The smallest absolute Gasteiger partial charge is 0.405 e. The van der Waals surface area contributed by atoms with Crippen molar-refractivity contribution in [1.82, 2.24) is 10.2 Å². The summed E-state index contributed by atoms with van der Waals surface area (Å²) in [4.78, 5) is 1.34. The maximum atomic E-state index is 14.4. The number of nitrogens with one attached hydrogen (secondary N) is 1. The lowest BCUT2D eigenvalue weighted by Crippen LogP contribution is -2.51. The van der Waals surface area contributed by atoms with Crippen LogP contribution in [0.2, 0.25) is 0 Å². The Morgan fingerprint density at radius 1 is 1.21 bits per heavy atom. The fourth-order valence-electron chi connectivity index (χ4n) is 2.67. The predicted octanol–water partition coefficient (Wildman–Crippen LogP) is 2.92. The lowest BCUT2D eigenvalue weighted by atomic mass is 9.97. The maximum absolute atomic E-state index is 14.4. The lowest BCUT2D eigenvalue weighted by molar-refractivity contribution is -0.275. The summed E-state index contributed by atoms with van der Waals surface area (Å²) in [5, 5.41) is 12.1. The third-order valence-electron chi connectivity index (χ3n) is 3.62. The minimum Gasteiger partial charge on any atom is -0.405 e. The van der Waals surface area contributed by atoms with E-state index in [0.29, 0.717) is 17.6 Å². The lowest BCUT2D eigenvalue weighted by Gasteiger charge is -2.39. The molecule has 0 saturated carbocycles. The highest BCUT2D eigenvalue weighted by atomic mass is 79.9. The second kappa shape index (κ2) is 7.51. The molecule has 1 atom stereocenters. The topological polar surface area (TPSA) is 44.7 Å². The number of halogens is 6. The van der Waals surface area contributed by atoms with Gasteiger partial charge in [-0.3, -0.25) is 4.90 Å². The van der Waals surface area contributed by atoms with E-state index in [1.807, 2.05) is 0 Å². The highest BCUT2D eigenvalue weighted by Crippen LogP contribution is 2.42. The SMILES string of the molecule is OCC(F)(F)[C@H](c1cc(Br)ccc1OC(F)(F)F)N1CCNCC1. The monoisotopic (exact) mass is 418 g/mol. The first-order chi connectivity index (χ1) is 11.1. The van der Waals surface area contributed by atoms with Crippen LogP contribution < -0.4 is 10.1 Å². The molecule has 2 rings (SSSR count). The van der Waals surface area contributed by atoms with Gasteiger partial charge in [0.05, 0.1) is 0 Å². The zero-order chi connectivity index (χ0) is 18.0. The summed E-state index contributed by atoms with van der Waals surface area (Å²) in [5.41, 5.74) is -0.331. The summed E-state index contributed by atoms with van der Waals surface area (Å²) in [6.45, 7) is -0.237. The van der Waals surface area contributed by atoms with Gasteiger partial charge in [-0.15, -0.1) is 13.2 Å². The van der Waals surface area contributed by atoms with Crippen molar-refractivity contribution >= 4 is 15.9 Å². The van der Waals surface area contributed by atoms with Crippen molar-refractivity contribution in [1.29, 1.82) is 0 Å². The quantitative estimate of drug-likeness (QED) is 0.721. The summed E-state index contributed by atoms with van der Waals surface area (Å²) >= 11 is 3.08. The van der Waals surface area contributed by atoms with E-state index in [4.69, 9.17) is 5.11 Å². The van der Waals surface area contributed by atoms with E-state index < -0.39 is 30.7 Å². The molecule has 0 unspecified atom stereocenters. The molecule has 0 aromatic heterocycles. The summed E-state index contributed by atoms with van der Waals surface area (Å²) in [6.07, 6.45) is -5.01. The van der Waals surface area contributed by atoms with Crippen LogP contribution >= 0.6 is 15.9 Å². The molecule has 0 radical (unpaired) electrons. The Labute approximate surface area is 143 Å². The van der Waals surface area contributed by atoms with Crippen LogP contribution in [0, 0.1) is 0 Å². The molecule has 1 saturated heterocycles. The van der Waals surface area contributed by atoms with E-state index in [2.05, 4.69) is 26.0 Å². The third-order valence-corrected chi connectivity index (χ3v) is 4.11. The van der Waals surface area contributed by atoms with Crippen LogP contribution in [0.4, 0.5) is 22.0 Å². The molecular formula is C14H16BrF5N2O2. The number of benzene rings is 1. The van der Waals surface area contributed by atoms with Crippen molar-refractivity contribution in [3.8, 4) is 5.75 Å². The minimum atomic E-state index is -5.01. The highest BCUT2D eigenvalue weighted by Gasteiger charge is 2.46. The molecule has 0 spiro atoms. The number of piperazine rings is 1. The fourth-order valence-corrected chi connectivity index (χ4v) is 3.05. The van der Waals surface area contributed by atoms with E-state index in [9.17, 15) is 22.0 Å². The summed E-state index contributed by atoms with van der Waals surface area (Å²) in [6, 6.07) is 1.68. The first-order valence-electron chi connectivity index (χ1n) is 7.13. The Morgan fingerprint density at radius 2 is 1.83 bits per heavy atom. The van der Waals surface area contributed by atoms with Crippen LogP contribution in [-0.4, -0.2) is 55.1 Å². The Bertz CT molecular complexity index is 565. The molecule has 4 nitrogen and oxygen atoms in total. The van der Waals surface area contributed by atoms with Crippen molar-refractivity contribution in [3.63, 3.8) is 0 Å². The second-order valence-corrected chi connectivity index (χ2v) is 6.25. The molecule has 0 amide bonds. The first-order valence-corrected chi connectivity index (χ1v) is 7.92.